The third kappa shape index (κ3) is 7.23. The number of amides is 1. The quantitative estimate of drug-likeness (QED) is 0.306. The van der Waals surface area contributed by atoms with E-state index in [1.165, 1.54) is 24.1 Å². The van der Waals surface area contributed by atoms with Crippen LogP contribution in [0.3, 0.4) is 0 Å². The molecule has 57 heavy (non-hydrogen) atoms. The Kier molecular flexibility index (Phi) is 13.8. The van der Waals surface area contributed by atoms with Crippen molar-refractivity contribution < 1.29 is 38.9 Å². The van der Waals surface area contributed by atoms with Crippen LogP contribution in [-0.2, 0) is 39.5 Å². The number of hydrogen-bond acceptors (Lipinski definition) is 11. The van der Waals surface area contributed by atoms with Crippen LogP contribution in [0.5, 0.6) is 0 Å². The van der Waals surface area contributed by atoms with Gasteiger partial charge >= 0.3 is 12.3 Å². The highest BCUT2D eigenvalue weighted by molar-refractivity contribution is 6.07. The number of aliphatic hydroxyl groups excluding tert-OH is 2. The molecule has 10 rings (SSSR count). The number of benzene rings is 2. The molecule has 0 bridgehead atoms. The molecule has 0 unspecified atom stereocenters. The molecule has 6 aliphatic heterocycles. The van der Waals surface area contributed by atoms with Gasteiger partial charge in [-0.25, -0.2) is 4.99 Å². The molecule has 0 aromatic heterocycles. The molecule has 0 radical (unpaired) electrons. The van der Waals surface area contributed by atoms with Crippen molar-refractivity contribution in [3.8, 4) is 0 Å². The molecule has 12 heteroatoms. The Morgan fingerprint density at radius 3 is 1.75 bits per heavy atom. The molecule has 2 aromatic rings. The molecule has 2 aliphatic carbocycles. The van der Waals surface area contributed by atoms with Crippen LogP contribution in [0.15, 0.2) is 53.5 Å². The topological polar surface area (TPSA) is 166 Å². The van der Waals surface area contributed by atoms with E-state index in [4.69, 9.17) is 28.9 Å². The summed E-state index contributed by atoms with van der Waals surface area (Å²) in [6, 6.07) is 17.5. The van der Waals surface area contributed by atoms with Crippen LogP contribution in [0.4, 0.5) is 11.4 Å². The van der Waals surface area contributed by atoms with E-state index in [-0.39, 0.29) is 62.1 Å². The third-order valence-corrected chi connectivity index (χ3v) is 15.2. The van der Waals surface area contributed by atoms with Gasteiger partial charge in [0.15, 0.2) is 0 Å². The first-order chi connectivity index (χ1) is 26.6. The zero-order valence-electron chi connectivity index (χ0n) is 32.1. The van der Waals surface area contributed by atoms with Crippen LogP contribution < -0.4 is 5.32 Å². The molecule has 4 saturated heterocycles. The first kappa shape index (κ1) is 44.1. The normalized spacial score (nSPS) is 37.6. The van der Waals surface area contributed by atoms with Gasteiger partial charge in [0.1, 0.15) is 0 Å². The number of nitrogens with one attached hydrogen (secondary N) is 1. The predicted octanol–water partition coefficient (Wildman–Crippen LogP) is 5.60. The molecule has 12 atom stereocenters. The Labute approximate surface area is 337 Å². The van der Waals surface area contributed by atoms with Gasteiger partial charge in [-0.05, 0) is 123 Å². The maximum atomic E-state index is 13.0. The van der Waals surface area contributed by atoms with Crippen LogP contribution in [0.1, 0.15) is 91.2 Å². The van der Waals surface area contributed by atoms with Gasteiger partial charge in [-0.3, -0.25) is 14.6 Å². The van der Waals surface area contributed by atoms with E-state index in [1.807, 2.05) is 12.1 Å². The van der Waals surface area contributed by atoms with Crippen LogP contribution >= 0.6 is 0 Å². The van der Waals surface area contributed by atoms with Crippen LogP contribution in [0.25, 0.3) is 0 Å². The van der Waals surface area contributed by atoms with E-state index in [0.29, 0.717) is 35.6 Å². The van der Waals surface area contributed by atoms with Crippen molar-refractivity contribution in [2.45, 2.75) is 115 Å². The Hall–Kier alpha value is -4.02. The predicted molar refractivity (Wildman–Crippen MR) is 214 cm³/mol. The number of ether oxygens (including phenoxy) is 1. The van der Waals surface area contributed by atoms with Gasteiger partial charge < -0.3 is 20.3 Å². The van der Waals surface area contributed by atoms with Crippen molar-refractivity contribution in [3.05, 3.63) is 59.7 Å². The molecular weight excluding hydrogens is 725 g/mol. The number of carbonyl (C=O) groups is 1. The molecule has 6 heterocycles. The standard InChI is InChI=1S/C21H28N2O2.C20H26N2O2.2CO2.2CH4/c1-13-15-11-19-21(9-10-23(19)12-14(15)7-8-18(13)24)16-5-3-4-6-17(16)22-20(21)25-2;1-12-14-10-18-20(15-4-2-3-5-16(15)21-19(20)24)8-9-22(18)11-13(14)6-7-17(12)23;2*2-1-3;;/h3-6,13-15,18-19,24H,7-12H2,1-2H3;2-5,12-14,17-18,23H,6-11H2,1H3,(H,21,24);;;2*1H4/t13-,14+,15-,18+,19+,21+;12-,13+,14-,17+,18+,20+;;;;/m11..../s1. The molecule has 1 amide bonds. The molecule has 3 N–H and O–H groups in total. The second-order valence-corrected chi connectivity index (χ2v) is 17.1. The molecular formula is C45H62N4O8. The van der Waals surface area contributed by atoms with Crippen LogP contribution in [-0.4, -0.2) is 102 Å². The number of anilines is 1. The van der Waals surface area contributed by atoms with Crippen LogP contribution in [0.2, 0.25) is 0 Å². The number of para-hydroxylation sites is 2. The van der Waals surface area contributed by atoms with Gasteiger partial charge in [-0.1, -0.05) is 65.1 Å². The molecule has 2 spiro atoms. The summed E-state index contributed by atoms with van der Waals surface area (Å²) in [7, 11) is 1.77. The second kappa shape index (κ2) is 17.9. The SMILES string of the molecule is C.C.COC1=Nc2ccccc2[C@]12CCN1C[C@@H]3CC[C@H](O)[C@H](C)[C@H]3C[C@H]12.C[C@@H]1[C@H]2C[C@@H]3N(CC[C@@]34C(=O)Nc3ccccc34)C[C@@H]2CC[C@@H]1O.O=C=O.O=C=O. The monoisotopic (exact) mass is 786 g/mol. The summed E-state index contributed by atoms with van der Waals surface area (Å²) >= 11 is 0. The van der Waals surface area contributed by atoms with Gasteiger partial charge in [0.05, 0.1) is 35.8 Å². The Morgan fingerprint density at radius 2 is 1.21 bits per heavy atom. The van der Waals surface area contributed by atoms with Gasteiger partial charge in [0.2, 0.25) is 11.8 Å². The Bertz CT molecular complexity index is 1830. The van der Waals surface area contributed by atoms with E-state index in [9.17, 15) is 15.0 Å². The third-order valence-electron chi connectivity index (χ3n) is 15.2. The first-order valence-electron chi connectivity index (χ1n) is 20.1. The minimum Gasteiger partial charge on any atom is -0.483 e. The fraction of sp³-hybridized carbons (Fsp3) is 0.644. The minimum absolute atomic E-state index is 0. The highest BCUT2D eigenvalue weighted by Gasteiger charge is 2.61. The first-order valence-corrected chi connectivity index (χ1v) is 20.1. The highest BCUT2D eigenvalue weighted by atomic mass is 16.5. The number of nitrogens with zero attached hydrogens (tertiary/aromatic N) is 3. The molecule has 2 saturated carbocycles. The number of hydrogen-bond donors (Lipinski definition) is 3. The molecule has 6 fully saturated rings. The van der Waals surface area contributed by atoms with Crippen molar-refractivity contribution in [2.24, 2.45) is 40.5 Å². The molecule has 310 valence electrons. The van der Waals surface area contributed by atoms with Gasteiger partial charge in [0.25, 0.3) is 0 Å². The van der Waals surface area contributed by atoms with Gasteiger partial charge in [-0.15, -0.1) is 0 Å². The summed E-state index contributed by atoms with van der Waals surface area (Å²) in [6.07, 6.45) is 8.65. The summed E-state index contributed by atoms with van der Waals surface area (Å²) in [5.74, 6) is 4.44. The van der Waals surface area contributed by atoms with Crippen molar-refractivity contribution >= 4 is 35.5 Å². The minimum atomic E-state index is -0.371. The summed E-state index contributed by atoms with van der Waals surface area (Å²) in [4.78, 5) is 55.7. The average molecular weight is 787 g/mol. The fourth-order valence-corrected chi connectivity index (χ4v) is 12.6. The summed E-state index contributed by atoms with van der Waals surface area (Å²) in [6.45, 7) is 8.89. The molecule has 12 nitrogen and oxygen atoms in total. The van der Waals surface area contributed by atoms with E-state index in [0.717, 1.165) is 87.8 Å². The van der Waals surface area contributed by atoms with Gasteiger partial charge in [0, 0.05) is 30.9 Å². The number of aliphatic imine (C=N–C) groups is 1. The highest BCUT2D eigenvalue weighted by Crippen LogP contribution is 2.56. The number of methoxy groups -OCH3 is 1. The molecule has 2 aromatic carbocycles. The lowest BCUT2D eigenvalue weighted by Gasteiger charge is -2.50. The number of fused-ring (bicyclic) bond motifs is 10. The smallest absolute Gasteiger partial charge is 0.373 e. The maximum absolute atomic E-state index is 13.0. The van der Waals surface area contributed by atoms with Crippen molar-refractivity contribution in [2.75, 3.05) is 38.6 Å². The van der Waals surface area contributed by atoms with E-state index < -0.39 is 0 Å². The number of piperidine rings is 2. The zero-order valence-corrected chi connectivity index (χ0v) is 32.1. The summed E-state index contributed by atoms with van der Waals surface area (Å²) in [5, 5.41) is 23.9. The van der Waals surface area contributed by atoms with Crippen LogP contribution in [0, 0.1) is 35.5 Å². The van der Waals surface area contributed by atoms with E-state index in [2.05, 4.69) is 65.4 Å². The maximum Gasteiger partial charge on any atom is 0.373 e. The fourth-order valence-electron chi connectivity index (χ4n) is 12.6. The van der Waals surface area contributed by atoms with Gasteiger partial charge in [-0.2, -0.15) is 19.2 Å². The zero-order chi connectivity index (χ0) is 39.1. The second-order valence-electron chi connectivity index (χ2n) is 17.1. The number of carbonyl (C=O) groups excluding carboxylic acids is 5. The molecule has 8 aliphatic rings. The van der Waals surface area contributed by atoms with Crippen molar-refractivity contribution in [3.63, 3.8) is 0 Å². The van der Waals surface area contributed by atoms with E-state index >= 15 is 0 Å². The van der Waals surface area contributed by atoms with Crippen molar-refractivity contribution in [1.82, 2.24) is 9.80 Å². The largest absolute Gasteiger partial charge is 0.483 e. The number of rotatable bonds is 0. The Morgan fingerprint density at radius 1 is 0.737 bits per heavy atom. The lowest BCUT2D eigenvalue weighted by Crippen LogP contribution is -2.56. The lowest BCUT2D eigenvalue weighted by atomic mass is 9.62. The average Bonchev–Trinajstić information content (AvgIpc) is 3.93. The number of aliphatic hydroxyl groups is 2. The Balaban J connectivity index is 0.000000186. The summed E-state index contributed by atoms with van der Waals surface area (Å²) in [5.41, 5.74) is 4.18. The lowest BCUT2D eigenvalue weighted by molar-refractivity contribution is -0.193. The van der Waals surface area contributed by atoms with Crippen molar-refractivity contribution in [1.29, 1.82) is 0 Å². The van der Waals surface area contributed by atoms with E-state index in [1.54, 1.807) is 7.11 Å². The summed E-state index contributed by atoms with van der Waals surface area (Å²) < 4.78 is 5.84.